The maximum atomic E-state index is 8.88. The Labute approximate surface area is 78.8 Å². The van der Waals surface area contributed by atoms with Gasteiger partial charge >= 0.3 is 15.6 Å². The van der Waals surface area contributed by atoms with Crippen molar-refractivity contribution >= 4 is 15.6 Å². The zero-order valence-corrected chi connectivity index (χ0v) is 8.45. The third-order valence-electron chi connectivity index (χ3n) is 0.385. The first-order valence-electron chi connectivity index (χ1n) is 2.83. The Morgan fingerprint density at radius 1 is 0.929 bits per heavy atom. The summed E-state index contributed by atoms with van der Waals surface area (Å²) in [6.07, 6.45) is 3.64. The molecule has 0 atom stereocenters. The van der Waals surface area contributed by atoms with Gasteiger partial charge in [-0.05, 0) is 6.08 Å². The first-order valence-corrected chi connectivity index (χ1v) is 5.96. The minimum absolute atomic E-state index is 0.819. The lowest BCUT2D eigenvalue weighted by atomic mass is 10.6. The van der Waals surface area contributed by atoms with Crippen LogP contribution in [0.4, 0.5) is 0 Å². The van der Waals surface area contributed by atoms with Gasteiger partial charge in [0, 0.05) is 0 Å². The number of phosphoric acid groups is 2. The molecule has 1 aliphatic rings. The molecule has 86 valence electrons. The van der Waals surface area contributed by atoms with Gasteiger partial charge in [0.15, 0.2) is 0 Å². The van der Waals surface area contributed by atoms with Crippen molar-refractivity contribution in [1.82, 2.24) is 0 Å². The van der Waals surface area contributed by atoms with Crippen molar-refractivity contribution in [2.45, 2.75) is 0 Å². The lowest BCUT2D eigenvalue weighted by Crippen LogP contribution is -1.89. The fourth-order valence-electron chi connectivity index (χ4n) is 0.0962. The fraction of sp³-hybridized carbons (Fsp3) is 0.333. The highest BCUT2D eigenvalue weighted by Crippen LogP contribution is 2.26. The van der Waals surface area contributed by atoms with Gasteiger partial charge in [-0.15, -0.1) is 0 Å². The maximum absolute atomic E-state index is 8.88. The second kappa shape index (κ2) is 7.10. The highest BCUT2D eigenvalue weighted by molar-refractivity contribution is 7.45. The summed E-state index contributed by atoms with van der Waals surface area (Å²) in [5.74, 6) is 0. The molecule has 1 aliphatic heterocycles. The molecule has 6 N–H and O–H groups in total. The maximum Gasteiger partial charge on any atom is 0.466 e. The topological polar surface area (TPSA) is 165 Å². The number of hydrogen-bond acceptors (Lipinski definition) is 3. The van der Waals surface area contributed by atoms with E-state index in [-0.39, 0.29) is 0 Å². The summed E-state index contributed by atoms with van der Waals surface area (Å²) >= 11 is 0. The Bertz CT molecular complexity index is 204. The fourth-order valence-corrected chi connectivity index (χ4v) is 0.0962. The van der Waals surface area contributed by atoms with Gasteiger partial charge in [0.05, 0.1) is 6.26 Å². The molecular formula is C3H10O9P2. The molecule has 1 rings (SSSR count). The van der Waals surface area contributed by atoms with Crippen LogP contribution in [0.2, 0.25) is 0 Å². The standard InChI is InChI=1S/C3H4O.2H3O4P/c1-2-4-3-1;2*1-5(2,3)4/h1-2H,3H2;2*(H3,1,2,3,4). The van der Waals surface area contributed by atoms with Crippen LogP contribution < -0.4 is 0 Å². The molecule has 0 spiro atoms. The average Bonchev–Trinajstić information content (AvgIpc) is 1.41. The Morgan fingerprint density at radius 3 is 1.00 bits per heavy atom. The third-order valence-corrected chi connectivity index (χ3v) is 0.385. The summed E-state index contributed by atoms with van der Waals surface area (Å²) in [6.45, 7) is 0.819. The molecule has 0 fully saturated rings. The zero-order valence-electron chi connectivity index (χ0n) is 6.66. The van der Waals surface area contributed by atoms with E-state index in [0.29, 0.717) is 0 Å². The first-order chi connectivity index (χ1) is 6.00. The SMILES string of the molecule is C1=COC1.O=P(O)(O)O.O=P(O)(O)O. The van der Waals surface area contributed by atoms with Crippen LogP contribution in [0, 0.1) is 0 Å². The van der Waals surface area contributed by atoms with Crippen molar-refractivity contribution in [2.75, 3.05) is 6.61 Å². The number of ether oxygens (including phenoxy) is 1. The minimum Gasteiger partial charge on any atom is -0.497 e. The Kier molecular flexibility index (Phi) is 8.22. The van der Waals surface area contributed by atoms with Gasteiger partial charge in [-0.2, -0.15) is 0 Å². The van der Waals surface area contributed by atoms with E-state index in [4.69, 9.17) is 38.5 Å². The molecular weight excluding hydrogens is 242 g/mol. The van der Waals surface area contributed by atoms with Gasteiger partial charge in [0.1, 0.15) is 6.61 Å². The minimum atomic E-state index is -4.64. The van der Waals surface area contributed by atoms with Crippen LogP contribution in [0.5, 0.6) is 0 Å². The van der Waals surface area contributed by atoms with Crippen molar-refractivity contribution in [3.63, 3.8) is 0 Å². The van der Waals surface area contributed by atoms with E-state index in [1.165, 1.54) is 0 Å². The largest absolute Gasteiger partial charge is 0.497 e. The van der Waals surface area contributed by atoms with Crippen molar-refractivity contribution in [3.05, 3.63) is 12.3 Å². The van der Waals surface area contributed by atoms with Gasteiger partial charge in [0.2, 0.25) is 0 Å². The van der Waals surface area contributed by atoms with E-state index in [1.807, 2.05) is 6.08 Å². The molecule has 0 aliphatic carbocycles. The van der Waals surface area contributed by atoms with Crippen molar-refractivity contribution in [2.24, 2.45) is 0 Å². The molecule has 14 heavy (non-hydrogen) atoms. The number of hydrogen-bond donors (Lipinski definition) is 6. The normalized spacial score (nSPS) is 13.6. The molecule has 0 saturated heterocycles. The van der Waals surface area contributed by atoms with Gasteiger partial charge in [0.25, 0.3) is 0 Å². The van der Waals surface area contributed by atoms with E-state index < -0.39 is 15.6 Å². The molecule has 0 saturated carbocycles. The lowest BCUT2D eigenvalue weighted by molar-refractivity contribution is 0.243. The van der Waals surface area contributed by atoms with Crippen LogP contribution in [0.3, 0.4) is 0 Å². The van der Waals surface area contributed by atoms with Gasteiger partial charge < -0.3 is 34.1 Å². The van der Waals surface area contributed by atoms with Gasteiger partial charge in [-0.3, -0.25) is 0 Å². The molecule has 0 radical (unpaired) electrons. The summed E-state index contributed by atoms with van der Waals surface area (Å²) in [4.78, 5) is 43.1. The highest BCUT2D eigenvalue weighted by atomic mass is 31.2. The smallest absolute Gasteiger partial charge is 0.466 e. The highest BCUT2D eigenvalue weighted by Gasteiger charge is 2.00. The summed E-state index contributed by atoms with van der Waals surface area (Å²) in [5.41, 5.74) is 0. The van der Waals surface area contributed by atoms with Crippen LogP contribution in [0.1, 0.15) is 0 Å². The van der Waals surface area contributed by atoms with Crippen molar-refractivity contribution in [1.29, 1.82) is 0 Å². The van der Waals surface area contributed by atoms with Crippen molar-refractivity contribution < 1.29 is 43.2 Å². The quantitative estimate of drug-likeness (QED) is 0.286. The van der Waals surface area contributed by atoms with Crippen molar-refractivity contribution in [3.8, 4) is 0 Å². The average molecular weight is 252 g/mol. The van der Waals surface area contributed by atoms with Crippen LogP contribution >= 0.6 is 15.6 Å². The molecule has 9 nitrogen and oxygen atoms in total. The van der Waals surface area contributed by atoms with Crippen LogP contribution in [0.25, 0.3) is 0 Å². The van der Waals surface area contributed by atoms with Crippen LogP contribution in [-0.2, 0) is 13.9 Å². The van der Waals surface area contributed by atoms with Crippen LogP contribution in [0.15, 0.2) is 12.3 Å². The lowest BCUT2D eigenvalue weighted by Gasteiger charge is -1.99. The molecule has 11 heteroatoms. The summed E-state index contributed by atoms with van der Waals surface area (Å²) in [5, 5.41) is 0. The second-order valence-electron chi connectivity index (χ2n) is 1.73. The number of rotatable bonds is 0. The monoisotopic (exact) mass is 252 g/mol. The molecule has 0 aromatic rings. The summed E-state index contributed by atoms with van der Waals surface area (Å²) < 4.78 is 22.3. The second-order valence-corrected chi connectivity index (χ2v) is 3.78. The van der Waals surface area contributed by atoms with Gasteiger partial charge in [-0.25, -0.2) is 9.13 Å². The van der Waals surface area contributed by atoms with E-state index in [9.17, 15) is 0 Å². The molecule has 0 unspecified atom stereocenters. The summed E-state index contributed by atoms with van der Waals surface area (Å²) in [7, 11) is -9.28. The zero-order chi connectivity index (χ0) is 11.8. The Hall–Kier alpha value is -0.240. The van der Waals surface area contributed by atoms with Crippen LogP contribution in [-0.4, -0.2) is 36.0 Å². The molecule has 0 aromatic carbocycles. The molecule has 0 amide bonds. The Morgan fingerprint density at radius 2 is 1.00 bits per heavy atom. The van der Waals surface area contributed by atoms with E-state index >= 15 is 0 Å². The van der Waals surface area contributed by atoms with E-state index in [2.05, 4.69) is 4.74 Å². The molecule has 0 bridgehead atoms. The Balaban J connectivity index is 0. The van der Waals surface area contributed by atoms with E-state index in [1.54, 1.807) is 6.26 Å². The predicted octanol–water partition coefficient (Wildman–Crippen LogP) is -1.33. The molecule has 1 heterocycles. The third kappa shape index (κ3) is 96.3. The summed E-state index contributed by atoms with van der Waals surface area (Å²) in [6, 6.07) is 0. The predicted molar refractivity (Wildman–Crippen MR) is 43.6 cm³/mol. The van der Waals surface area contributed by atoms with Gasteiger partial charge in [-0.1, -0.05) is 0 Å². The first kappa shape index (κ1) is 16.2. The van der Waals surface area contributed by atoms with E-state index in [0.717, 1.165) is 6.61 Å². The molecule has 0 aromatic heterocycles.